The van der Waals surface area contributed by atoms with Crippen LogP contribution in [-0.4, -0.2) is 44.0 Å². The van der Waals surface area contributed by atoms with Gasteiger partial charge < -0.3 is 9.47 Å². The van der Waals surface area contributed by atoms with Gasteiger partial charge in [-0.3, -0.25) is 4.98 Å². The molecule has 0 atom stereocenters. The molecule has 0 unspecified atom stereocenters. The second-order valence-electron chi connectivity index (χ2n) is 4.79. The topological polar surface area (TPSA) is 87.3 Å². The average molecular weight is 340 g/mol. The number of ether oxygens (including phenoxy) is 2. The molecule has 4 rings (SSSR count). The molecule has 0 aliphatic rings. The van der Waals surface area contributed by atoms with Crippen molar-refractivity contribution in [2.24, 2.45) is 0 Å². The molecule has 8 nitrogen and oxygen atoms in total. The van der Waals surface area contributed by atoms with E-state index in [0.29, 0.717) is 28.0 Å². The van der Waals surface area contributed by atoms with Gasteiger partial charge in [-0.25, -0.2) is 4.98 Å². The Morgan fingerprint density at radius 3 is 2.67 bits per heavy atom. The number of hydrogen-bond acceptors (Lipinski definition) is 8. The minimum absolute atomic E-state index is 0.557. The SMILES string of the molecule is COc1ccc(-c2nn3c(-c4cnccn4)nnc3s2)cc1OC. The first-order chi connectivity index (χ1) is 11.8. The summed E-state index contributed by atoms with van der Waals surface area (Å²) in [6, 6.07) is 5.65. The number of nitrogens with zero attached hydrogens (tertiary/aromatic N) is 6. The van der Waals surface area contributed by atoms with Gasteiger partial charge in [0.25, 0.3) is 0 Å². The predicted molar refractivity (Wildman–Crippen MR) is 88.2 cm³/mol. The van der Waals surface area contributed by atoms with E-state index in [1.54, 1.807) is 37.3 Å². The minimum atomic E-state index is 0.557. The number of aromatic nitrogens is 6. The molecule has 0 amide bonds. The summed E-state index contributed by atoms with van der Waals surface area (Å²) in [6.07, 6.45) is 4.85. The lowest BCUT2D eigenvalue weighted by atomic mass is 10.2. The van der Waals surface area contributed by atoms with Crippen molar-refractivity contribution in [3.05, 3.63) is 36.8 Å². The van der Waals surface area contributed by atoms with Gasteiger partial charge in [0.1, 0.15) is 10.7 Å². The zero-order valence-corrected chi connectivity index (χ0v) is 13.7. The standard InChI is InChI=1S/C15H12N6O2S/c1-22-11-4-3-9(7-12(11)23-2)14-20-21-13(18-19-15(21)24-14)10-8-16-5-6-17-10/h3-8H,1-2H3. The highest BCUT2D eigenvalue weighted by molar-refractivity contribution is 7.19. The molecule has 9 heteroatoms. The van der Waals surface area contributed by atoms with Crippen molar-refractivity contribution in [2.75, 3.05) is 14.2 Å². The highest BCUT2D eigenvalue weighted by atomic mass is 32.1. The zero-order valence-electron chi connectivity index (χ0n) is 12.9. The number of benzene rings is 1. The molecule has 1 aromatic carbocycles. The van der Waals surface area contributed by atoms with Crippen molar-refractivity contribution < 1.29 is 9.47 Å². The van der Waals surface area contributed by atoms with Gasteiger partial charge in [0.15, 0.2) is 11.5 Å². The van der Waals surface area contributed by atoms with Crippen LogP contribution >= 0.6 is 11.3 Å². The van der Waals surface area contributed by atoms with Gasteiger partial charge in [0, 0.05) is 18.0 Å². The normalized spacial score (nSPS) is 10.9. The number of fused-ring (bicyclic) bond motifs is 1. The maximum absolute atomic E-state index is 5.35. The fourth-order valence-corrected chi connectivity index (χ4v) is 3.11. The molecule has 4 aromatic rings. The maximum Gasteiger partial charge on any atom is 0.235 e. The van der Waals surface area contributed by atoms with E-state index in [-0.39, 0.29) is 0 Å². The fourth-order valence-electron chi connectivity index (χ4n) is 2.28. The summed E-state index contributed by atoms with van der Waals surface area (Å²) >= 11 is 1.43. The predicted octanol–water partition coefficient (Wildman–Crippen LogP) is 2.33. The van der Waals surface area contributed by atoms with Gasteiger partial charge >= 0.3 is 0 Å². The number of hydrogen-bond donors (Lipinski definition) is 0. The van der Waals surface area contributed by atoms with Crippen molar-refractivity contribution in [3.8, 4) is 33.6 Å². The molecule has 0 aliphatic heterocycles. The van der Waals surface area contributed by atoms with Crippen molar-refractivity contribution in [2.45, 2.75) is 0 Å². The Labute approximate surface area is 140 Å². The van der Waals surface area contributed by atoms with Crippen LogP contribution in [0.25, 0.3) is 27.1 Å². The first-order valence-corrected chi connectivity index (χ1v) is 7.83. The molecule has 0 spiro atoms. The van der Waals surface area contributed by atoms with Gasteiger partial charge in [0.05, 0.1) is 20.4 Å². The first kappa shape index (κ1) is 14.5. The van der Waals surface area contributed by atoms with Gasteiger partial charge in [-0.15, -0.1) is 10.2 Å². The molecule has 3 aromatic heterocycles. The summed E-state index contributed by atoms with van der Waals surface area (Å²) in [7, 11) is 3.21. The molecule has 3 heterocycles. The van der Waals surface area contributed by atoms with Crippen LogP contribution in [0.2, 0.25) is 0 Å². The lowest BCUT2D eigenvalue weighted by Crippen LogP contribution is -1.94. The third-order valence-corrected chi connectivity index (χ3v) is 4.36. The molecule has 0 N–H and O–H groups in total. The van der Waals surface area contributed by atoms with E-state index in [1.807, 2.05) is 18.2 Å². The van der Waals surface area contributed by atoms with Gasteiger partial charge in [-0.05, 0) is 18.2 Å². The first-order valence-electron chi connectivity index (χ1n) is 7.01. The Morgan fingerprint density at radius 2 is 1.92 bits per heavy atom. The Balaban J connectivity index is 1.80. The van der Waals surface area contributed by atoms with Crippen molar-refractivity contribution in [1.29, 1.82) is 0 Å². The molecule has 0 aliphatic carbocycles. The Kier molecular flexibility index (Phi) is 3.54. The zero-order chi connectivity index (χ0) is 16.5. The molecule has 0 saturated carbocycles. The molecule has 24 heavy (non-hydrogen) atoms. The van der Waals surface area contributed by atoms with Gasteiger partial charge in [-0.1, -0.05) is 11.3 Å². The van der Waals surface area contributed by atoms with Crippen LogP contribution in [0, 0.1) is 0 Å². The molecule has 0 radical (unpaired) electrons. The van der Waals surface area contributed by atoms with Crippen molar-refractivity contribution in [3.63, 3.8) is 0 Å². The summed E-state index contributed by atoms with van der Waals surface area (Å²) in [5, 5.41) is 13.7. The van der Waals surface area contributed by atoms with Crippen LogP contribution in [0.15, 0.2) is 36.8 Å². The van der Waals surface area contributed by atoms with Crippen molar-refractivity contribution >= 4 is 16.3 Å². The Morgan fingerprint density at radius 1 is 1.04 bits per heavy atom. The third kappa shape index (κ3) is 2.35. The van der Waals surface area contributed by atoms with Crippen LogP contribution in [0.3, 0.4) is 0 Å². The van der Waals surface area contributed by atoms with Gasteiger partial charge in [0.2, 0.25) is 10.8 Å². The van der Waals surface area contributed by atoms with Crippen LogP contribution in [0.5, 0.6) is 11.5 Å². The van der Waals surface area contributed by atoms with Crippen molar-refractivity contribution in [1.82, 2.24) is 29.8 Å². The maximum atomic E-state index is 5.35. The number of rotatable bonds is 4. The lowest BCUT2D eigenvalue weighted by Gasteiger charge is -2.07. The average Bonchev–Trinajstić information content (AvgIpc) is 3.22. The smallest absolute Gasteiger partial charge is 0.235 e. The number of methoxy groups -OCH3 is 2. The second-order valence-corrected chi connectivity index (χ2v) is 5.74. The molecule has 0 fully saturated rings. The summed E-state index contributed by atoms with van der Waals surface area (Å²) in [5.74, 6) is 1.88. The van der Waals surface area contributed by atoms with Crippen LogP contribution in [0.1, 0.15) is 0 Å². The largest absolute Gasteiger partial charge is 0.493 e. The molecule has 0 bridgehead atoms. The summed E-state index contributed by atoms with van der Waals surface area (Å²) < 4.78 is 12.3. The fraction of sp³-hybridized carbons (Fsp3) is 0.133. The molecule has 120 valence electrons. The van der Waals surface area contributed by atoms with Gasteiger partial charge in [-0.2, -0.15) is 9.61 Å². The van der Waals surface area contributed by atoms with E-state index in [2.05, 4.69) is 25.3 Å². The van der Waals surface area contributed by atoms with Crippen LogP contribution in [-0.2, 0) is 0 Å². The highest BCUT2D eigenvalue weighted by Crippen LogP contribution is 2.34. The Bertz CT molecular complexity index is 998. The Hall–Kier alpha value is -3.07. The molecular formula is C15H12N6O2S. The molecule has 0 saturated heterocycles. The van der Waals surface area contributed by atoms with E-state index < -0.39 is 0 Å². The lowest BCUT2D eigenvalue weighted by molar-refractivity contribution is 0.355. The quantitative estimate of drug-likeness (QED) is 0.563. The minimum Gasteiger partial charge on any atom is -0.493 e. The summed E-state index contributed by atoms with van der Waals surface area (Å²) in [4.78, 5) is 8.98. The molecular weight excluding hydrogens is 328 g/mol. The van der Waals surface area contributed by atoms with E-state index >= 15 is 0 Å². The van der Waals surface area contributed by atoms with E-state index in [4.69, 9.17) is 9.47 Å². The van der Waals surface area contributed by atoms with E-state index in [9.17, 15) is 0 Å². The summed E-state index contributed by atoms with van der Waals surface area (Å²) in [5.41, 5.74) is 1.53. The van der Waals surface area contributed by atoms with Crippen LogP contribution < -0.4 is 9.47 Å². The second kappa shape index (κ2) is 5.85. The van der Waals surface area contributed by atoms with Crippen LogP contribution in [0.4, 0.5) is 0 Å². The highest BCUT2D eigenvalue weighted by Gasteiger charge is 2.16. The summed E-state index contributed by atoms with van der Waals surface area (Å²) in [6.45, 7) is 0. The third-order valence-electron chi connectivity index (χ3n) is 3.41. The monoisotopic (exact) mass is 340 g/mol. The van der Waals surface area contributed by atoms with E-state index in [0.717, 1.165) is 10.6 Å². The van der Waals surface area contributed by atoms with E-state index in [1.165, 1.54) is 11.3 Å².